The van der Waals surface area contributed by atoms with E-state index in [1.54, 1.807) is 12.1 Å². The lowest BCUT2D eigenvalue weighted by Gasteiger charge is -2.08. The Morgan fingerprint density at radius 3 is 2.72 bits per heavy atom. The molecule has 1 aromatic heterocycles. The van der Waals surface area contributed by atoms with E-state index >= 15 is 0 Å². The maximum atomic E-state index is 13.6. The van der Waals surface area contributed by atoms with E-state index < -0.39 is 0 Å². The van der Waals surface area contributed by atoms with Crippen LogP contribution in [-0.4, -0.2) is 9.97 Å². The lowest BCUT2D eigenvalue weighted by atomic mass is 10.1. The van der Waals surface area contributed by atoms with Crippen molar-refractivity contribution in [3.63, 3.8) is 0 Å². The maximum absolute atomic E-state index is 13.6. The molecule has 0 unspecified atom stereocenters. The van der Waals surface area contributed by atoms with E-state index in [1.807, 2.05) is 13.0 Å². The highest BCUT2D eigenvalue weighted by Crippen LogP contribution is 2.13. The first-order chi connectivity index (χ1) is 8.61. The van der Waals surface area contributed by atoms with E-state index in [0.29, 0.717) is 22.4 Å². The first-order valence-corrected chi connectivity index (χ1v) is 6.34. The number of hydrogen-bond acceptors (Lipinski definition) is 2. The summed E-state index contributed by atoms with van der Waals surface area (Å²) in [6.45, 7) is 4.01. The molecule has 0 aliphatic heterocycles. The summed E-state index contributed by atoms with van der Waals surface area (Å²) >= 11 is 5.22. The van der Waals surface area contributed by atoms with Crippen LogP contribution in [0.25, 0.3) is 0 Å². The zero-order valence-electron chi connectivity index (χ0n) is 10.5. The number of halogens is 1. The van der Waals surface area contributed by atoms with Crippen LogP contribution in [0.4, 0.5) is 4.39 Å². The van der Waals surface area contributed by atoms with Crippen molar-refractivity contribution in [2.45, 2.75) is 26.7 Å². The average molecular weight is 262 g/mol. The van der Waals surface area contributed by atoms with Crippen molar-refractivity contribution < 1.29 is 4.39 Å². The number of hydrogen-bond donors (Lipinski definition) is 1. The summed E-state index contributed by atoms with van der Waals surface area (Å²) in [6.07, 6.45) is 1.30. The van der Waals surface area contributed by atoms with E-state index in [2.05, 4.69) is 16.9 Å². The number of aromatic nitrogens is 2. The molecule has 2 aromatic rings. The van der Waals surface area contributed by atoms with Gasteiger partial charge in [-0.25, -0.2) is 9.37 Å². The molecule has 0 amide bonds. The normalized spacial score (nSPS) is 10.6. The molecule has 1 aromatic carbocycles. The Labute approximate surface area is 111 Å². The first kappa shape index (κ1) is 12.9. The summed E-state index contributed by atoms with van der Waals surface area (Å²) in [4.78, 5) is 7.54. The Bertz CT molecular complexity index is 619. The predicted molar refractivity (Wildman–Crippen MR) is 72.7 cm³/mol. The highest BCUT2D eigenvalue weighted by atomic mass is 32.1. The van der Waals surface area contributed by atoms with Gasteiger partial charge in [0.1, 0.15) is 16.3 Å². The number of benzene rings is 1. The molecule has 0 radical (unpaired) electrons. The molecule has 2 rings (SSSR count). The van der Waals surface area contributed by atoms with Crippen LogP contribution in [0.15, 0.2) is 24.3 Å². The van der Waals surface area contributed by atoms with Gasteiger partial charge in [-0.05, 0) is 25.0 Å². The van der Waals surface area contributed by atoms with Crippen LogP contribution < -0.4 is 0 Å². The van der Waals surface area contributed by atoms with E-state index in [0.717, 1.165) is 17.7 Å². The van der Waals surface area contributed by atoms with E-state index in [-0.39, 0.29) is 5.82 Å². The van der Waals surface area contributed by atoms with Gasteiger partial charge in [0.2, 0.25) is 0 Å². The number of nitrogens with zero attached hydrogens (tertiary/aromatic N) is 1. The predicted octanol–water partition coefficient (Wildman–Crippen LogP) is 3.74. The van der Waals surface area contributed by atoms with Crippen molar-refractivity contribution in [1.29, 1.82) is 0 Å². The van der Waals surface area contributed by atoms with Crippen LogP contribution in [-0.2, 0) is 12.8 Å². The quantitative estimate of drug-likeness (QED) is 0.854. The fourth-order valence-electron chi connectivity index (χ4n) is 1.89. The van der Waals surface area contributed by atoms with Gasteiger partial charge in [-0.1, -0.05) is 37.3 Å². The summed E-state index contributed by atoms with van der Waals surface area (Å²) in [5, 5.41) is 0. The molecule has 0 aliphatic carbocycles. The van der Waals surface area contributed by atoms with Crippen LogP contribution in [0.3, 0.4) is 0 Å². The smallest absolute Gasteiger partial charge is 0.132 e. The fourth-order valence-corrected chi connectivity index (χ4v) is 2.12. The van der Waals surface area contributed by atoms with E-state index in [1.165, 1.54) is 6.07 Å². The Balaban J connectivity index is 2.39. The summed E-state index contributed by atoms with van der Waals surface area (Å²) in [7, 11) is 0. The zero-order chi connectivity index (χ0) is 13.1. The second kappa shape index (κ2) is 5.40. The average Bonchev–Trinajstić information content (AvgIpc) is 2.36. The molecule has 18 heavy (non-hydrogen) atoms. The maximum Gasteiger partial charge on any atom is 0.132 e. The zero-order valence-corrected chi connectivity index (χ0v) is 11.3. The lowest BCUT2D eigenvalue weighted by molar-refractivity contribution is 0.611. The first-order valence-electron chi connectivity index (χ1n) is 5.94. The number of aromatic amines is 1. The second-order valence-electron chi connectivity index (χ2n) is 4.21. The Morgan fingerprint density at radius 2 is 2.06 bits per heavy atom. The van der Waals surface area contributed by atoms with E-state index in [9.17, 15) is 4.39 Å². The van der Waals surface area contributed by atoms with Crippen LogP contribution in [0.2, 0.25) is 0 Å². The summed E-state index contributed by atoms with van der Waals surface area (Å²) in [5.74, 6) is 0.504. The Kier molecular flexibility index (Phi) is 3.87. The molecular weight excluding hydrogens is 247 g/mol. The van der Waals surface area contributed by atoms with Gasteiger partial charge in [-0.2, -0.15) is 0 Å². The molecule has 4 heteroatoms. The molecule has 1 N–H and O–H groups in total. The minimum Gasteiger partial charge on any atom is -0.347 e. The number of H-pyrrole nitrogens is 1. The minimum absolute atomic E-state index is 0.211. The molecule has 0 saturated carbocycles. The molecule has 0 bridgehead atoms. The van der Waals surface area contributed by atoms with Gasteiger partial charge in [0.15, 0.2) is 0 Å². The summed E-state index contributed by atoms with van der Waals surface area (Å²) < 4.78 is 14.2. The third-order valence-electron chi connectivity index (χ3n) is 2.97. The van der Waals surface area contributed by atoms with Gasteiger partial charge in [0.25, 0.3) is 0 Å². The van der Waals surface area contributed by atoms with Crippen LogP contribution in [0, 0.1) is 17.4 Å². The van der Waals surface area contributed by atoms with Crippen LogP contribution >= 0.6 is 12.2 Å². The molecule has 2 nitrogen and oxygen atoms in total. The molecule has 0 atom stereocenters. The van der Waals surface area contributed by atoms with Gasteiger partial charge < -0.3 is 4.98 Å². The van der Waals surface area contributed by atoms with Crippen molar-refractivity contribution in [3.8, 4) is 0 Å². The van der Waals surface area contributed by atoms with Crippen molar-refractivity contribution in [2.24, 2.45) is 0 Å². The number of aryl methyl sites for hydroxylation is 1. The summed E-state index contributed by atoms with van der Waals surface area (Å²) in [6, 6.07) is 6.72. The molecule has 0 saturated heterocycles. The Hall–Kier alpha value is -1.55. The monoisotopic (exact) mass is 262 g/mol. The topological polar surface area (TPSA) is 28.7 Å². The van der Waals surface area contributed by atoms with Crippen molar-refractivity contribution in [2.75, 3.05) is 0 Å². The van der Waals surface area contributed by atoms with Crippen LogP contribution in [0.5, 0.6) is 0 Å². The van der Waals surface area contributed by atoms with Gasteiger partial charge in [-0.3, -0.25) is 0 Å². The summed E-state index contributed by atoms with van der Waals surface area (Å²) in [5.41, 5.74) is 2.70. The number of nitrogens with one attached hydrogen (secondary N) is 1. The van der Waals surface area contributed by atoms with Crippen molar-refractivity contribution in [1.82, 2.24) is 9.97 Å². The largest absolute Gasteiger partial charge is 0.347 e. The van der Waals surface area contributed by atoms with Crippen molar-refractivity contribution >= 4 is 12.2 Å². The fraction of sp³-hybridized carbons (Fsp3) is 0.286. The minimum atomic E-state index is -0.211. The van der Waals surface area contributed by atoms with E-state index in [4.69, 9.17) is 12.2 Å². The third kappa shape index (κ3) is 2.64. The standard InChI is InChI=1S/C14H15FN2S/c1-3-12-9(2)14(18)17-13(16-12)8-10-6-4-5-7-11(10)15/h4-7H,3,8H2,1-2H3,(H,16,17,18). The second-order valence-corrected chi connectivity index (χ2v) is 4.60. The molecule has 1 heterocycles. The molecule has 0 aliphatic rings. The SMILES string of the molecule is CCc1[nH]c(Cc2ccccc2F)nc(=S)c1C. The number of rotatable bonds is 3. The van der Waals surface area contributed by atoms with Crippen molar-refractivity contribution in [3.05, 3.63) is 57.4 Å². The third-order valence-corrected chi connectivity index (χ3v) is 3.37. The molecule has 94 valence electrons. The van der Waals surface area contributed by atoms with Gasteiger partial charge in [0, 0.05) is 17.7 Å². The molecule has 0 fully saturated rings. The van der Waals surface area contributed by atoms with Gasteiger partial charge in [0.05, 0.1) is 0 Å². The lowest BCUT2D eigenvalue weighted by Crippen LogP contribution is -2.04. The highest BCUT2D eigenvalue weighted by Gasteiger charge is 2.07. The van der Waals surface area contributed by atoms with Gasteiger partial charge in [-0.15, -0.1) is 0 Å². The molecule has 0 spiro atoms. The van der Waals surface area contributed by atoms with Gasteiger partial charge >= 0.3 is 0 Å². The Morgan fingerprint density at radius 1 is 1.33 bits per heavy atom. The molecular formula is C14H15FN2S. The van der Waals surface area contributed by atoms with Crippen LogP contribution in [0.1, 0.15) is 29.6 Å². The highest BCUT2D eigenvalue weighted by molar-refractivity contribution is 7.71.